The lowest BCUT2D eigenvalue weighted by Gasteiger charge is -2.33. The zero-order chi connectivity index (χ0) is 31.6. The molecule has 2 heteroatoms. The van der Waals surface area contributed by atoms with E-state index in [2.05, 4.69) is 43.0 Å². The topological polar surface area (TPSA) is 6.48 Å². The normalized spacial score (nSPS) is 14.8. The third kappa shape index (κ3) is 25.5. The highest BCUT2D eigenvalue weighted by Gasteiger charge is 2.24. The van der Waals surface area contributed by atoms with Crippen molar-refractivity contribution < 1.29 is 0 Å². The molecule has 0 fully saturated rings. The van der Waals surface area contributed by atoms with Crippen molar-refractivity contribution in [3.8, 4) is 0 Å². The van der Waals surface area contributed by atoms with E-state index in [1.807, 2.05) is 0 Å². The molecule has 0 aliphatic carbocycles. The van der Waals surface area contributed by atoms with Gasteiger partial charge in [0.15, 0.2) is 0 Å². The maximum atomic E-state index is 2.72. The summed E-state index contributed by atoms with van der Waals surface area (Å²) in [4.78, 5) is 5.44. The Morgan fingerprint density at radius 1 is 0.295 bits per heavy atom. The van der Waals surface area contributed by atoms with Crippen LogP contribution in [0.3, 0.4) is 0 Å². The molecule has 0 N–H and O–H groups in total. The fourth-order valence-electron chi connectivity index (χ4n) is 7.25. The third-order valence-electron chi connectivity index (χ3n) is 10.3. The Morgan fingerprint density at radius 2 is 0.523 bits per heavy atom. The molecule has 1 aliphatic heterocycles. The molecule has 2 nitrogen and oxygen atoms in total. The van der Waals surface area contributed by atoms with Gasteiger partial charge >= 0.3 is 0 Å². The summed E-state index contributed by atoms with van der Waals surface area (Å²) in [5.41, 5.74) is 0. The van der Waals surface area contributed by atoms with Gasteiger partial charge < -0.3 is 9.80 Å². The maximum Gasteiger partial charge on any atom is 0.101 e. The van der Waals surface area contributed by atoms with Crippen LogP contribution in [0.25, 0.3) is 0 Å². The lowest BCUT2D eigenvalue weighted by molar-refractivity contribution is 0.135. The largest absolute Gasteiger partial charge is 0.356 e. The monoisotopic (exact) mass is 617 g/mol. The zero-order valence-electron chi connectivity index (χ0n) is 31.1. The maximum absolute atomic E-state index is 2.72. The van der Waals surface area contributed by atoms with Crippen molar-refractivity contribution in [2.75, 3.05) is 13.1 Å². The van der Waals surface area contributed by atoms with Crippen LogP contribution >= 0.6 is 0 Å². The van der Waals surface area contributed by atoms with Crippen molar-refractivity contribution in [1.29, 1.82) is 0 Å². The molecule has 0 bridgehead atoms. The Morgan fingerprint density at radius 3 is 0.795 bits per heavy atom. The predicted molar refractivity (Wildman–Crippen MR) is 200 cm³/mol. The van der Waals surface area contributed by atoms with Crippen LogP contribution in [-0.4, -0.2) is 29.1 Å². The predicted octanol–water partition coefficient (Wildman–Crippen LogP) is 14.7. The van der Waals surface area contributed by atoms with Crippen LogP contribution in [0.4, 0.5) is 0 Å². The highest BCUT2D eigenvalue weighted by atomic mass is 15.4. The highest BCUT2D eigenvalue weighted by molar-refractivity contribution is 4.97. The van der Waals surface area contributed by atoms with Gasteiger partial charge in [-0.2, -0.15) is 0 Å². The Kier molecular flexibility index (Phi) is 31.7. The molecule has 0 spiro atoms. The molecule has 1 heterocycles. The highest BCUT2D eigenvalue weighted by Crippen LogP contribution is 2.24. The molecule has 0 aromatic carbocycles. The van der Waals surface area contributed by atoms with E-state index in [-0.39, 0.29) is 0 Å². The first kappa shape index (κ1) is 41.4. The summed E-state index contributed by atoms with van der Waals surface area (Å²) in [7, 11) is 0. The minimum absolute atomic E-state index is 0.639. The molecule has 0 aromatic rings. The van der Waals surface area contributed by atoms with E-state index in [1.54, 1.807) is 0 Å². The van der Waals surface area contributed by atoms with Gasteiger partial charge in [0.25, 0.3) is 0 Å². The van der Waals surface area contributed by atoms with Gasteiger partial charge in [0, 0.05) is 25.5 Å². The van der Waals surface area contributed by atoms with E-state index in [0.29, 0.717) is 6.17 Å². The fourth-order valence-corrected chi connectivity index (χ4v) is 7.25. The molecule has 1 atom stereocenters. The van der Waals surface area contributed by atoms with Crippen LogP contribution in [0, 0.1) is 0 Å². The van der Waals surface area contributed by atoms with Gasteiger partial charge in [0.1, 0.15) is 6.17 Å². The summed E-state index contributed by atoms with van der Waals surface area (Å²) in [5.74, 6) is 0. The van der Waals surface area contributed by atoms with E-state index in [9.17, 15) is 0 Å². The molecular weight excluding hydrogens is 532 g/mol. The summed E-state index contributed by atoms with van der Waals surface area (Å²) >= 11 is 0. The molecule has 0 aromatic heterocycles. The summed E-state index contributed by atoms with van der Waals surface area (Å²) < 4.78 is 0. The van der Waals surface area contributed by atoms with Gasteiger partial charge in [0.05, 0.1) is 0 Å². The van der Waals surface area contributed by atoms with Crippen LogP contribution in [0.1, 0.15) is 239 Å². The first-order valence-electron chi connectivity index (χ1n) is 21.0. The second kappa shape index (κ2) is 33.7. The average molecular weight is 617 g/mol. The molecule has 1 aliphatic rings. The number of unbranched alkanes of at least 4 members (excludes halogenated alkanes) is 30. The molecule has 1 unspecified atom stereocenters. The number of rotatable bonds is 36. The van der Waals surface area contributed by atoms with Gasteiger partial charge in [-0.1, -0.05) is 213 Å². The van der Waals surface area contributed by atoms with Crippen molar-refractivity contribution in [2.24, 2.45) is 0 Å². The first-order chi connectivity index (χ1) is 21.8. The Bertz CT molecular complexity index is 572. The first-order valence-corrected chi connectivity index (χ1v) is 21.0. The summed E-state index contributed by atoms with van der Waals surface area (Å²) in [5, 5.41) is 0. The van der Waals surface area contributed by atoms with Crippen LogP contribution in [0.2, 0.25) is 0 Å². The number of hydrogen-bond donors (Lipinski definition) is 0. The Labute approximate surface area is 280 Å². The van der Waals surface area contributed by atoms with Gasteiger partial charge in [0.2, 0.25) is 0 Å². The van der Waals surface area contributed by atoms with Crippen LogP contribution < -0.4 is 0 Å². The summed E-state index contributed by atoms with van der Waals surface area (Å²) in [6.45, 7) is 9.49. The lowest BCUT2D eigenvalue weighted by atomic mass is 10.0. The van der Waals surface area contributed by atoms with Crippen LogP contribution in [0.5, 0.6) is 0 Å². The van der Waals surface area contributed by atoms with Crippen molar-refractivity contribution >= 4 is 0 Å². The Balaban J connectivity index is 2.17. The quantitative estimate of drug-likeness (QED) is 0.0646. The van der Waals surface area contributed by atoms with E-state index >= 15 is 0 Å². The minimum atomic E-state index is 0.639. The van der Waals surface area contributed by atoms with Crippen LogP contribution in [-0.2, 0) is 0 Å². The molecular formula is C42H84N2. The third-order valence-corrected chi connectivity index (χ3v) is 10.3. The molecule has 262 valence electrons. The van der Waals surface area contributed by atoms with Crippen LogP contribution in [0.15, 0.2) is 12.4 Å². The molecule has 0 radical (unpaired) electrons. The van der Waals surface area contributed by atoms with Gasteiger partial charge in [-0.15, -0.1) is 0 Å². The molecule has 0 amide bonds. The van der Waals surface area contributed by atoms with Gasteiger partial charge in [-0.3, -0.25) is 0 Å². The molecule has 44 heavy (non-hydrogen) atoms. The molecule has 0 saturated heterocycles. The van der Waals surface area contributed by atoms with Gasteiger partial charge in [-0.25, -0.2) is 0 Å². The number of hydrogen-bond acceptors (Lipinski definition) is 2. The van der Waals surface area contributed by atoms with Crippen molar-refractivity contribution in [3.63, 3.8) is 0 Å². The standard InChI is InChI=1S/C42H84N2/c1-4-7-10-13-16-19-21-22-23-24-25-27-30-33-36-39-44-41-40-43(38-35-32-29-26-20-17-14-11-8-5-2)42(44)37-34-31-28-18-15-12-9-6-3/h40-42H,4-39H2,1-3H3. The summed E-state index contributed by atoms with van der Waals surface area (Å²) in [6.07, 6.45) is 54.4. The lowest BCUT2D eigenvalue weighted by Crippen LogP contribution is -2.39. The minimum Gasteiger partial charge on any atom is -0.356 e. The second-order valence-electron chi connectivity index (χ2n) is 14.6. The fraction of sp³-hybridized carbons (Fsp3) is 0.952. The van der Waals surface area contributed by atoms with Gasteiger partial charge in [-0.05, 0) is 25.7 Å². The average Bonchev–Trinajstić information content (AvgIpc) is 3.42. The van der Waals surface area contributed by atoms with Crippen molar-refractivity contribution in [2.45, 2.75) is 245 Å². The second-order valence-corrected chi connectivity index (χ2v) is 14.6. The molecule has 1 rings (SSSR count). The number of nitrogens with zero attached hydrogens (tertiary/aromatic N) is 2. The Hall–Kier alpha value is -0.660. The summed E-state index contributed by atoms with van der Waals surface area (Å²) in [6, 6.07) is 0. The van der Waals surface area contributed by atoms with Crippen molar-refractivity contribution in [1.82, 2.24) is 9.80 Å². The molecule has 0 saturated carbocycles. The zero-order valence-corrected chi connectivity index (χ0v) is 31.1. The van der Waals surface area contributed by atoms with E-state index < -0.39 is 0 Å². The smallest absolute Gasteiger partial charge is 0.101 e. The van der Waals surface area contributed by atoms with E-state index in [4.69, 9.17) is 0 Å². The SMILES string of the molecule is CCCCCCCCCCCCCCCCCN1C=CN(CCCCCCCCCCCC)C1CCCCCCCCCC. The van der Waals surface area contributed by atoms with E-state index in [0.717, 1.165) is 0 Å². The van der Waals surface area contributed by atoms with Crippen molar-refractivity contribution in [3.05, 3.63) is 12.4 Å². The van der Waals surface area contributed by atoms with E-state index in [1.165, 1.54) is 231 Å².